The predicted molar refractivity (Wildman–Crippen MR) is 85.1 cm³/mol. The number of hydrogen-bond acceptors (Lipinski definition) is 2. The van der Waals surface area contributed by atoms with Crippen molar-refractivity contribution in [3.63, 3.8) is 0 Å². The summed E-state index contributed by atoms with van der Waals surface area (Å²) in [7, 11) is 2.21. The highest BCUT2D eigenvalue weighted by molar-refractivity contribution is 9.10. The number of nitrogens with two attached hydrogens (primary N) is 1. The lowest BCUT2D eigenvalue weighted by Crippen LogP contribution is -2.35. The van der Waals surface area contributed by atoms with Gasteiger partial charge < -0.3 is 5.73 Å². The van der Waals surface area contributed by atoms with E-state index in [1.54, 1.807) is 0 Å². The molecule has 0 aliphatic heterocycles. The van der Waals surface area contributed by atoms with E-state index in [-0.39, 0.29) is 0 Å². The SMILES string of the molecule is CN(CC1CCCCC1)C(CN)c1ccccc1Br. The average molecular weight is 325 g/mol. The largest absolute Gasteiger partial charge is 0.329 e. The maximum absolute atomic E-state index is 6.02. The van der Waals surface area contributed by atoms with Gasteiger partial charge in [0.15, 0.2) is 0 Å². The van der Waals surface area contributed by atoms with Crippen LogP contribution in [0.3, 0.4) is 0 Å². The molecule has 1 aromatic rings. The van der Waals surface area contributed by atoms with Crippen molar-refractivity contribution in [1.82, 2.24) is 4.90 Å². The van der Waals surface area contributed by atoms with E-state index < -0.39 is 0 Å². The van der Waals surface area contributed by atoms with Crippen molar-refractivity contribution in [2.75, 3.05) is 20.1 Å². The summed E-state index contributed by atoms with van der Waals surface area (Å²) in [6.07, 6.45) is 7.00. The first-order chi connectivity index (χ1) is 9.22. The zero-order valence-electron chi connectivity index (χ0n) is 11.8. The normalized spacial score (nSPS) is 18.7. The van der Waals surface area contributed by atoms with Gasteiger partial charge in [-0.3, -0.25) is 4.90 Å². The molecule has 2 N–H and O–H groups in total. The number of likely N-dealkylation sites (N-methyl/N-ethyl adjacent to an activating group) is 1. The highest BCUT2D eigenvalue weighted by Gasteiger charge is 2.22. The summed E-state index contributed by atoms with van der Waals surface area (Å²) >= 11 is 3.65. The fourth-order valence-electron chi connectivity index (χ4n) is 3.19. The molecule has 2 rings (SSSR count). The molecule has 106 valence electrons. The highest BCUT2D eigenvalue weighted by atomic mass is 79.9. The molecular formula is C16H25BrN2. The Morgan fingerprint density at radius 2 is 1.95 bits per heavy atom. The van der Waals surface area contributed by atoms with Crippen molar-refractivity contribution in [1.29, 1.82) is 0 Å². The van der Waals surface area contributed by atoms with Gasteiger partial charge in [-0.15, -0.1) is 0 Å². The van der Waals surface area contributed by atoms with Crippen molar-refractivity contribution in [3.8, 4) is 0 Å². The van der Waals surface area contributed by atoms with Crippen LogP contribution in [0.2, 0.25) is 0 Å². The van der Waals surface area contributed by atoms with Crippen molar-refractivity contribution < 1.29 is 0 Å². The lowest BCUT2D eigenvalue weighted by atomic mass is 9.88. The second-order valence-electron chi connectivity index (χ2n) is 5.72. The molecule has 1 aromatic carbocycles. The molecule has 0 heterocycles. The Morgan fingerprint density at radius 3 is 2.58 bits per heavy atom. The molecule has 0 radical (unpaired) electrons. The molecule has 19 heavy (non-hydrogen) atoms. The fourth-order valence-corrected chi connectivity index (χ4v) is 3.74. The molecule has 1 fully saturated rings. The predicted octanol–water partition coefficient (Wildman–Crippen LogP) is 3.96. The van der Waals surface area contributed by atoms with Gasteiger partial charge in [0, 0.05) is 23.6 Å². The van der Waals surface area contributed by atoms with Gasteiger partial charge in [0.1, 0.15) is 0 Å². The molecule has 0 bridgehead atoms. The van der Waals surface area contributed by atoms with Gasteiger partial charge in [0.2, 0.25) is 0 Å². The molecule has 0 amide bonds. The number of nitrogens with zero attached hydrogens (tertiary/aromatic N) is 1. The molecule has 0 saturated heterocycles. The second kappa shape index (κ2) is 7.41. The zero-order valence-corrected chi connectivity index (χ0v) is 13.4. The van der Waals surface area contributed by atoms with Gasteiger partial charge in [-0.1, -0.05) is 53.4 Å². The Morgan fingerprint density at radius 1 is 1.26 bits per heavy atom. The Hall–Kier alpha value is -0.380. The van der Waals surface area contributed by atoms with E-state index in [0.717, 1.165) is 5.92 Å². The second-order valence-corrected chi connectivity index (χ2v) is 6.57. The maximum atomic E-state index is 6.02. The molecule has 1 aliphatic rings. The average Bonchev–Trinajstić information content (AvgIpc) is 2.43. The van der Waals surface area contributed by atoms with Gasteiger partial charge in [0.25, 0.3) is 0 Å². The van der Waals surface area contributed by atoms with Crippen LogP contribution < -0.4 is 5.73 Å². The van der Waals surface area contributed by atoms with Crippen LogP contribution in [0.15, 0.2) is 28.7 Å². The number of hydrogen-bond donors (Lipinski definition) is 1. The van der Waals surface area contributed by atoms with Crippen LogP contribution in [-0.4, -0.2) is 25.0 Å². The number of halogens is 1. The summed E-state index contributed by atoms with van der Waals surface area (Å²) in [5.74, 6) is 0.857. The van der Waals surface area contributed by atoms with Crippen molar-refractivity contribution in [2.45, 2.75) is 38.1 Å². The Balaban J connectivity index is 2.02. The summed E-state index contributed by atoms with van der Waals surface area (Å²) in [6, 6.07) is 8.75. The van der Waals surface area contributed by atoms with Crippen LogP contribution >= 0.6 is 15.9 Å². The molecule has 3 heteroatoms. The molecule has 0 spiro atoms. The minimum absolute atomic E-state index is 0.317. The van der Waals surface area contributed by atoms with Crippen molar-refractivity contribution >= 4 is 15.9 Å². The van der Waals surface area contributed by atoms with E-state index in [2.05, 4.69) is 52.1 Å². The lowest BCUT2D eigenvalue weighted by Gasteiger charge is -2.33. The van der Waals surface area contributed by atoms with E-state index in [4.69, 9.17) is 5.73 Å². The van der Waals surface area contributed by atoms with Crippen molar-refractivity contribution in [2.24, 2.45) is 11.7 Å². The molecule has 2 nitrogen and oxygen atoms in total. The van der Waals surface area contributed by atoms with Gasteiger partial charge in [-0.25, -0.2) is 0 Å². The smallest absolute Gasteiger partial charge is 0.0478 e. The minimum Gasteiger partial charge on any atom is -0.329 e. The van der Waals surface area contributed by atoms with Crippen molar-refractivity contribution in [3.05, 3.63) is 34.3 Å². The standard InChI is InChI=1S/C16H25BrN2/c1-19(12-13-7-3-2-4-8-13)16(11-18)14-9-5-6-10-15(14)17/h5-6,9-10,13,16H,2-4,7-8,11-12,18H2,1H3. The minimum atomic E-state index is 0.317. The number of benzene rings is 1. The summed E-state index contributed by atoms with van der Waals surface area (Å²) in [4.78, 5) is 2.44. The molecular weight excluding hydrogens is 300 g/mol. The molecule has 1 saturated carbocycles. The third-order valence-corrected chi connectivity index (χ3v) is 5.01. The summed E-state index contributed by atoms with van der Waals surface area (Å²) < 4.78 is 1.17. The quantitative estimate of drug-likeness (QED) is 0.888. The highest BCUT2D eigenvalue weighted by Crippen LogP contribution is 2.29. The van der Waals surface area contributed by atoms with Gasteiger partial charge in [0.05, 0.1) is 0 Å². The van der Waals surface area contributed by atoms with Crippen LogP contribution in [0.5, 0.6) is 0 Å². The topological polar surface area (TPSA) is 29.3 Å². The van der Waals surface area contributed by atoms with E-state index in [1.165, 1.54) is 48.7 Å². The first-order valence-corrected chi connectivity index (χ1v) is 8.16. The first-order valence-electron chi connectivity index (χ1n) is 7.37. The van der Waals surface area contributed by atoms with Crippen LogP contribution in [0, 0.1) is 5.92 Å². The monoisotopic (exact) mass is 324 g/mol. The van der Waals surface area contributed by atoms with E-state index in [9.17, 15) is 0 Å². The van der Waals surface area contributed by atoms with Crippen LogP contribution in [0.4, 0.5) is 0 Å². The molecule has 1 aliphatic carbocycles. The van der Waals surface area contributed by atoms with E-state index in [1.807, 2.05) is 0 Å². The van der Waals surface area contributed by atoms with Crippen LogP contribution in [0.25, 0.3) is 0 Å². The summed E-state index contributed by atoms with van der Waals surface area (Å²) in [6.45, 7) is 1.84. The number of rotatable bonds is 5. The lowest BCUT2D eigenvalue weighted by molar-refractivity contribution is 0.185. The maximum Gasteiger partial charge on any atom is 0.0478 e. The van der Waals surface area contributed by atoms with Gasteiger partial charge >= 0.3 is 0 Å². The van der Waals surface area contributed by atoms with Gasteiger partial charge in [-0.2, -0.15) is 0 Å². The summed E-state index contributed by atoms with van der Waals surface area (Å²) in [5, 5.41) is 0. The van der Waals surface area contributed by atoms with Crippen LogP contribution in [-0.2, 0) is 0 Å². The zero-order chi connectivity index (χ0) is 13.7. The first kappa shape index (κ1) is 15.0. The Bertz CT molecular complexity index is 388. The van der Waals surface area contributed by atoms with E-state index >= 15 is 0 Å². The Labute approximate surface area is 125 Å². The fraction of sp³-hybridized carbons (Fsp3) is 0.625. The molecule has 1 atom stereocenters. The van der Waals surface area contributed by atoms with Crippen LogP contribution in [0.1, 0.15) is 43.7 Å². The summed E-state index contributed by atoms with van der Waals surface area (Å²) in [5.41, 5.74) is 7.33. The third kappa shape index (κ3) is 4.04. The molecule has 0 aromatic heterocycles. The third-order valence-electron chi connectivity index (χ3n) is 4.29. The Kier molecular flexibility index (Phi) is 5.86. The van der Waals surface area contributed by atoms with Gasteiger partial charge in [-0.05, 0) is 37.4 Å². The molecule has 1 unspecified atom stereocenters. The van der Waals surface area contributed by atoms with E-state index in [0.29, 0.717) is 12.6 Å².